The molecule has 11 heteroatoms. The van der Waals surface area contributed by atoms with Crippen molar-refractivity contribution in [2.75, 3.05) is 26.2 Å². The van der Waals surface area contributed by atoms with E-state index in [0.717, 1.165) is 45.4 Å². The molecule has 6 nitrogen and oxygen atoms in total. The Balaban J connectivity index is 1.42. The van der Waals surface area contributed by atoms with Crippen molar-refractivity contribution >= 4 is 51.5 Å². The third kappa shape index (κ3) is 5.09. The molecule has 0 aromatic rings. The molecule has 0 unspecified atom stereocenters. The summed E-state index contributed by atoms with van der Waals surface area (Å²) in [7, 11) is 10.4. The maximum absolute atomic E-state index is 12.7. The van der Waals surface area contributed by atoms with Crippen LogP contribution in [0.1, 0.15) is 32.1 Å². The summed E-state index contributed by atoms with van der Waals surface area (Å²) in [5, 5.41) is 9.87. The number of nitrogens with one attached hydrogen (secondary N) is 2. The van der Waals surface area contributed by atoms with Gasteiger partial charge in [0.05, 0.1) is 23.5 Å². The average molecular weight is 394 g/mol. The Morgan fingerprint density at radius 3 is 2.38 bits per heavy atom. The number of hydrogen-bond donors (Lipinski definition) is 2. The Morgan fingerprint density at radius 1 is 1.14 bits per heavy atom. The van der Waals surface area contributed by atoms with Crippen molar-refractivity contribution < 1.29 is 9.53 Å². The topological polar surface area (TPSA) is 68.7 Å². The second-order valence-electron chi connectivity index (χ2n) is 10.9. The number of nitrogens with zero attached hydrogens (tertiary/aromatic N) is 2. The van der Waals surface area contributed by atoms with E-state index in [1.807, 2.05) is 26.8 Å². The molecule has 1 aliphatic carbocycles. The Bertz CT molecular complexity index is 641. The molecule has 1 amide bonds. The van der Waals surface area contributed by atoms with E-state index >= 15 is 0 Å². The lowest BCUT2D eigenvalue weighted by molar-refractivity contribution is -0.00652. The smallest absolute Gasteiger partial charge is 0.408 e. The van der Waals surface area contributed by atoms with Gasteiger partial charge in [0.2, 0.25) is 0 Å². The van der Waals surface area contributed by atoms with E-state index in [-0.39, 0.29) is 11.2 Å². The molecule has 0 aromatic carbocycles. The van der Waals surface area contributed by atoms with Gasteiger partial charge in [0.25, 0.3) is 0 Å². The Morgan fingerprint density at radius 2 is 1.79 bits per heavy atom. The number of carbonyl (C=O) groups excluding carboxylic acids is 1. The molecule has 3 rings (SSSR count). The summed E-state index contributed by atoms with van der Waals surface area (Å²) in [4.78, 5) is 17.3. The first-order valence-corrected chi connectivity index (χ1v) is 11.2. The first kappa shape index (κ1) is 22.4. The van der Waals surface area contributed by atoms with Gasteiger partial charge in [-0.3, -0.25) is 0 Å². The quantitative estimate of drug-likeness (QED) is 0.375. The van der Waals surface area contributed by atoms with Crippen LogP contribution < -0.4 is 5.32 Å². The van der Waals surface area contributed by atoms with Crippen molar-refractivity contribution in [1.82, 2.24) is 15.1 Å². The third-order valence-electron chi connectivity index (χ3n) is 7.75. The zero-order valence-corrected chi connectivity index (χ0v) is 19.0. The molecule has 2 saturated heterocycles. The molecular weight excluding hydrogens is 358 g/mol. The minimum Gasteiger partial charge on any atom is -0.463 e. The number of hydrogen-bond acceptors (Lipinski definition) is 5. The van der Waals surface area contributed by atoms with E-state index in [2.05, 4.69) is 33.8 Å². The van der Waals surface area contributed by atoms with E-state index in [1.54, 1.807) is 6.08 Å². The van der Waals surface area contributed by atoms with Crippen molar-refractivity contribution in [2.24, 2.45) is 5.41 Å². The van der Waals surface area contributed by atoms with Crippen LogP contribution >= 0.6 is 0 Å². The SMILES string of the molecule is BC(B)(B)C(B)(B)OC(=O)N1CCC2(CC(N3CCC(N/C=C\C=N)CC3)C2)C1. The second-order valence-corrected chi connectivity index (χ2v) is 10.9. The molecule has 0 atom stereocenters. The fourth-order valence-corrected chi connectivity index (χ4v) is 4.73. The van der Waals surface area contributed by atoms with Crippen molar-refractivity contribution in [3.05, 3.63) is 12.3 Å². The summed E-state index contributed by atoms with van der Waals surface area (Å²) in [6, 6.07) is 1.20. The number of allylic oxidation sites excluding steroid dienone is 1. The maximum Gasteiger partial charge on any atom is 0.408 e. The molecule has 0 aromatic heterocycles. The second kappa shape index (κ2) is 8.48. The van der Waals surface area contributed by atoms with Crippen LogP contribution in [0.5, 0.6) is 0 Å². The van der Waals surface area contributed by atoms with Crippen LogP contribution in [0.2, 0.25) is 5.11 Å². The molecule has 3 aliphatic rings. The summed E-state index contributed by atoms with van der Waals surface area (Å²) in [5.74, 6) is 0. The van der Waals surface area contributed by atoms with E-state index in [4.69, 9.17) is 10.1 Å². The van der Waals surface area contributed by atoms with Gasteiger partial charge in [0, 0.05) is 49.9 Å². The third-order valence-corrected chi connectivity index (χ3v) is 7.75. The Labute approximate surface area is 180 Å². The lowest BCUT2D eigenvalue weighted by Crippen LogP contribution is -2.56. The summed E-state index contributed by atoms with van der Waals surface area (Å²) in [6.45, 7) is 3.97. The number of piperidine rings is 1. The highest BCUT2D eigenvalue weighted by Gasteiger charge is 2.52. The number of amides is 1. The number of likely N-dealkylation sites (tertiary alicyclic amines) is 2. The van der Waals surface area contributed by atoms with Gasteiger partial charge in [0.1, 0.15) is 15.7 Å². The van der Waals surface area contributed by atoms with Gasteiger partial charge < -0.3 is 25.3 Å². The van der Waals surface area contributed by atoms with Gasteiger partial charge >= 0.3 is 6.09 Å². The van der Waals surface area contributed by atoms with Crippen LogP contribution in [-0.4, -0.2) is 105 Å². The summed E-state index contributed by atoms with van der Waals surface area (Å²) in [6.07, 6.45) is 10.6. The van der Waals surface area contributed by atoms with Crippen LogP contribution in [0.3, 0.4) is 0 Å². The van der Waals surface area contributed by atoms with Gasteiger partial charge in [-0.15, -0.1) is 0 Å². The molecule has 0 bridgehead atoms. The summed E-state index contributed by atoms with van der Waals surface area (Å²) < 4.78 is 5.89. The maximum atomic E-state index is 12.7. The van der Waals surface area contributed by atoms with Crippen LogP contribution in [0.15, 0.2) is 12.3 Å². The minimum atomic E-state index is -0.478. The highest BCUT2D eigenvalue weighted by Crippen LogP contribution is 2.50. The molecule has 0 radical (unpaired) electrons. The lowest BCUT2D eigenvalue weighted by atomic mass is 9.28. The predicted octanol–water partition coefficient (Wildman–Crippen LogP) is -2.91. The standard InChI is InChI=1S/C18H35B5N4O2/c19-17(20,21)18(22,23)29-15(28)27-9-4-16(12-27)10-14(11-16)26-7-2-13(3-8-26)25-6-1-5-24/h1,5-6,13-14,24-25H,2-4,7-12,19-23H2/b6-1-,24-5?. The zero-order valence-electron chi connectivity index (χ0n) is 19.0. The van der Waals surface area contributed by atoms with E-state index < -0.39 is 5.40 Å². The predicted molar refractivity (Wildman–Crippen MR) is 132 cm³/mol. The fraction of sp³-hybridized carbons (Fsp3) is 0.778. The van der Waals surface area contributed by atoms with Gasteiger partial charge in [-0.25, -0.2) is 4.79 Å². The normalized spacial score (nSPS) is 29.1. The van der Waals surface area contributed by atoms with Gasteiger partial charge in [-0.1, -0.05) is 5.11 Å². The van der Waals surface area contributed by atoms with Crippen molar-refractivity contribution in [3.8, 4) is 0 Å². The van der Waals surface area contributed by atoms with Crippen LogP contribution in [-0.2, 0) is 4.74 Å². The van der Waals surface area contributed by atoms with Crippen LogP contribution in [0.25, 0.3) is 0 Å². The molecule has 2 N–H and O–H groups in total. The minimum absolute atomic E-state index is 0.0854. The van der Waals surface area contributed by atoms with E-state index in [1.165, 1.54) is 19.1 Å². The van der Waals surface area contributed by atoms with Gasteiger partial charge in [-0.05, 0) is 49.8 Å². The fourth-order valence-electron chi connectivity index (χ4n) is 4.73. The molecule has 154 valence electrons. The molecule has 3 fully saturated rings. The molecule has 1 spiro atoms. The number of rotatable bonds is 6. The van der Waals surface area contributed by atoms with E-state index in [0.29, 0.717) is 17.5 Å². The first-order chi connectivity index (χ1) is 13.6. The lowest BCUT2D eigenvalue weighted by Gasteiger charge is -2.51. The monoisotopic (exact) mass is 394 g/mol. The summed E-state index contributed by atoms with van der Waals surface area (Å²) in [5.41, 5.74) is 0.317. The highest BCUT2D eigenvalue weighted by atomic mass is 16.6. The average Bonchev–Trinajstić information content (AvgIpc) is 3.06. The Hall–Kier alpha value is -1.24. The van der Waals surface area contributed by atoms with Gasteiger partial charge in [-0.2, -0.15) is 0 Å². The van der Waals surface area contributed by atoms with Crippen molar-refractivity contribution in [3.63, 3.8) is 0 Å². The van der Waals surface area contributed by atoms with E-state index in [9.17, 15) is 4.79 Å². The zero-order chi connectivity index (χ0) is 21.3. The Kier molecular flexibility index (Phi) is 6.57. The molecular formula is C18H35B5N4O2. The van der Waals surface area contributed by atoms with Gasteiger partial charge in [0.15, 0.2) is 0 Å². The molecule has 2 aliphatic heterocycles. The number of carbonyl (C=O) groups is 1. The molecule has 29 heavy (non-hydrogen) atoms. The first-order valence-electron chi connectivity index (χ1n) is 11.2. The highest BCUT2D eigenvalue weighted by molar-refractivity contribution is 6.67. The van der Waals surface area contributed by atoms with Crippen molar-refractivity contribution in [2.45, 2.75) is 54.7 Å². The largest absolute Gasteiger partial charge is 0.463 e. The van der Waals surface area contributed by atoms with Crippen molar-refractivity contribution in [1.29, 1.82) is 5.41 Å². The van der Waals surface area contributed by atoms with Crippen LogP contribution in [0.4, 0.5) is 4.79 Å². The number of ether oxygens (including phenoxy) is 1. The summed E-state index contributed by atoms with van der Waals surface area (Å²) >= 11 is 0. The molecule has 2 heterocycles. The van der Waals surface area contributed by atoms with Crippen LogP contribution in [0, 0.1) is 10.8 Å². The molecule has 1 saturated carbocycles.